The maximum absolute atomic E-state index is 12.7. The van der Waals surface area contributed by atoms with Crippen molar-refractivity contribution in [3.63, 3.8) is 0 Å². The van der Waals surface area contributed by atoms with Crippen molar-refractivity contribution in [2.45, 2.75) is 4.90 Å². The highest BCUT2D eigenvalue weighted by Gasteiger charge is 2.27. The molecule has 2 aromatic rings. The molecule has 2 rings (SSSR count). The van der Waals surface area contributed by atoms with Crippen molar-refractivity contribution in [3.05, 3.63) is 59.1 Å². The van der Waals surface area contributed by atoms with Gasteiger partial charge in [0.15, 0.2) is 0 Å². The second-order valence-corrected chi connectivity index (χ2v) is 7.01. The minimum Gasteiger partial charge on any atom is -0.480 e. The lowest BCUT2D eigenvalue weighted by molar-refractivity contribution is -0.135. The largest absolute Gasteiger partial charge is 0.480 e. The third-order valence-electron chi connectivity index (χ3n) is 3.08. The molecule has 0 saturated heterocycles. The van der Waals surface area contributed by atoms with Crippen LogP contribution in [0.15, 0.2) is 53.4 Å². The molecule has 0 amide bonds. The number of sulfonamides is 1. The van der Waals surface area contributed by atoms with Gasteiger partial charge in [-0.15, -0.1) is 0 Å². The normalized spacial score (nSPS) is 11.0. The second-order valence-electron chi connectivity index (χ2n) is 4.71. The summed E-state index contributed by atoms with van der Waals surface area (Å²) in [6.07, 6.45) is 0. The number of hydrogen-bond donors (Lipinski definition) is 2. The van der Waals surface area contributed by atoms with Crippen LogP contribution >= 0.6 is 11.6 Å². The predicted octanol–water partition coefficient (Wildman–Crippen LogP) is 2.32. The molecule has 24 heavy (non-hydrogen) atoms. The zero-order valence-electron chi connectivity index (χ0n) is 12.1. The Hall–Kier alpha value is -2.58. The standard InChI is InChI=1S/C15H12ClNO6S/c16-11-3-7-13(8-4-11)24(22,23)17(9-14(18)19)12-5-1-10(2-6-12)15(20)21/h1-8H,9H2,(H,18,19)(H,20,21). The van der Waals surface area contributed by atoms with Crippen LogP contribution in [0, 0.1) is 0 Å². The van der Waals surface area contributed by atoms with Crippen molar-refractivity contribution < 1.29 is 28.2 Å². The van der Waals surface area contributed by atoms with Gasteiger partial charge in [0.1, 0.15) is 6.54 Å². The minimum absolute atomic E-state index is 0.0392. The molecule has 0 aromatic heterocycles. The highest BCUT2D eigenvalue weighted by molar-refractivity contribution is 7.92. The number of nitrogens with zero attached hydrogens (tertiary/aromatic N) is 1. The molecule has 0 bridgehead atoms. The van der Waals surface area contributed by atoms with Crippen LogP contribution in [0.2, 0.25) is 5.02 Å². The summed E-state index contributed by atoms with van der Waals surface area (Å²) in [4.78, 5) is 21.8. The molecule has 126 valence electrons. The molecular formula is C15H12ClNO6S. The molecule has 2 N–H and O–H groups in total. The zero-order valence-corrected chi connectivity index (χ0v) is 13.7. The topological polar surface area (TPSA) is 112 Å². The maximum atomic E-state index is 12.7. The van der Waals surface area contributed by atoms with Crippen molar-refractivity contribution in [2.24, 2.45) is 0 Å². The Labute approximate surface area is 142 Å². The van der Waals surface area contributed by atoms with Crippen molar-refractivity contribution in [1.29, 1.82) is 0 Å². The monoisotopic (exact) mass is 369 g/mol. The number of benzene rings is 2. The maximum Gasteiger partial charge on any atom is 0.335 e. The van der Waals surface area contributed by atoms with E-state index in [0.717, 1.165) is 0 Å². The van der Waals surface area contributed by atoms with Gasteiger partial charge in [-0.05, 0) is 48.5 Å². The van der Waals surface area contributed by atoms with E-state index in [4.69, 9.17) is 21.8 Å². The number of aromatic carboxylic acids is 1. The molecule has 0 aliphatic rings. The third kappa shape index (κ3) is 3.84. The van der Waals surface area contributed by atoms with E-state index in [1.165, 1.54) is 48.5 Å². The predicted molar refractivity (Wildman–Crippen MR) is 87.0 cm³/mol. The summed E-state index contributed by atoms with van der Waals surface area (Å²) < 4.78 is 26.1. The molecule has 0 heterocycles. The van der Waals surface area contributed by atoms with Crippen LogP contribution in [0.25, 0.3) is 0 Å². The van der Waals surface area contributed by atoms with Crippen LogP contribution < -0.4 is 4.31 Å². The van der Waals surface area contributed by atoms with Gasteiger partial charge in [-0.1, -0.05) is 11.6 Å². The van der Waals surface area contributed by atoms with Crippen molar-refractivity contribution in [1.82, 2.24) is 0 Å². The number of carbonyl (C=O) groups is 2. The molecule has 7 nitrogen and oxygen atoms in total. The van der Waals surface area contributed by atoms with Gasteiger partial charge in [-0.25, -0.2) is 13.2 Å². The lowest BCUT2D eigenvalue weighted by atomic mass is 10.2. The van der Waals surface area contributed by atoms with E-state index in [-0.39, 0.29) is 16.1 Å². The van der Waals surface area contributed by atoms with E-state index < -0.39 is 28.5 Å². The van der Waals surface area contributed by atoms with Gasteiger partial charge in [-0.2, -0.15) is 0 Å². The number of anilines is 1. The third-order valence-corrected chi connectivity index (χ3v) is 5.12. The SMILES string of the molecule is O=C(O)CN(c1ccc(C(=O)O)cc1)S(=O)(=O)c1ccc(Cl)cc1. The average Bonchev–Trinajstić information content (AvgIpc) is 2.53. The lowest BCUT2D eigenvalue weighted by Gasteiger charge is -2.22. The molecule has 0 unspecified atom stereocenters. The smallest absolute Gasteiger partial charge is 0.335 e. The van der Waals surface area contributed by atoms with Gasteiger partial charge in [0.2, 0.25) is 0 Å². The molecule has 9 heteroatoms. The highest BCUT2D eigenvalue weighted by Crippen LogP contribution is 2.25. The first kappa shape index (κ1) is 17.8. The number of halogens is 1. The summed E-state index contributed by atoms with van der Waals surface area (Å²) in [6, 6.07) is 10.1. The Morgan fingerprint density at radius 1 is 0.958 bits per heavy atom. The fourth-order valence-electron chi connectivity index (χ4n) is 1.94. The van der Waals surface area contributed by atoms with Crippen LogP contribution in [0.4, 0.5) is 5.69 Å². The molecule has 0 atom stereocenters. The fourth-order valence-corrected chi connectivity index (χ4v) is 3.48. The number of carboxylic acids is 2. The molecular weight excluding hydrogens is 358 g/mol. The van der Waals surface area contributed by atoms with E-state index in [1.807, 2.05) is 0 Å². The zero-order chi connectivity index (χ0) is 17.9. The van der Waals surface area contributed by atoms with Gasteiger partial charge >= 0.3 is 11.9 Å². The molecule has 0 spiro atoms. The Bertz CT molecular complexity index is 862. The first-order chi connectivity index (χ1) is 11.2. The van der Waals surface area contributed by atoms with E-state index in [9.17, 15) is 18.0 Å². The van der Waals surface area contributed by atoms with Crippen molar-refractivity contribution >= 4 is 39.3 Å². The summed E-state index contributed by atoms with van der Waals surface area (Å²) in [7, 11) is -4.15. The van der Waals surface area contributed by atoms with E-state index in [0.29, 0.717) is 9.33 Å². The minimum atomic E-state index is -4.15. The Kier molecular flexibility index (Phi) is 5.10. The number of carboxylic acid groups (broad SMARTS) is 2. The highest BCUT2D eigenvalue weighted by atomic mass is 35.5. The second kappa shape index (κ2) is 6.90. The van der Waals surface area contributed by atoms with Crippen LogP contribution in [-0.2, 0) is 14.8 Å². The first-order valence-corrected chi connectivity index (χ1v) is 8.37. The number of hydrogen-bond acceptors (Lipinski definition) is 4. The molecule has 0 fully saturated rings. The Morgan fingerprint density at radius 3 is 1.96 bits per heavy atom. The van der Waals surface area contributed by atoms with E-state index >= 15 is 0 Å². The summed E-state index contributed by atoms with van der Waals surface area (Å²) in [5.41, 5.74) is -0.00438. The molecule has 0 radical (unpaired) electrons. The molecule has 0 aliphatic carbocycles. The van der Waals surface area contributed by atoms with Gasteiger partial charge in [0, 0.05) is 5.02 Å². The summed E-state index contributed by atoms with van der Waals surface area (Å²) >= 11 is 5.73. The van der Waals surface area contributed by atoms with Crippen molar-refractivity contribution in [2.75, 3.05) is 10.8 Å². The van der Waals surface area contributed by atoms with Crippen LogP contribution in [0.5, 0.6) is 0 Å². The first-order valence-electron chi connectivity index (χ1n) is 6.55. The number of aliphatic carboxylic acids is 1. The molecule has 2 aromatic carbocycles. The van der Waals surface area contributed by atoms with Crippen molar-refractivity contribution in [3.8, 4) is 0 Å². The average molecular weight is 370 g/mol. The summed E-state index contributed by atoms with van der Waals surface area (Å²) in [5, 5.41) is 18.2. The van der Waals surface area contributed by atoms with Crippen LogP contribution in [0.1, 0.15) is 10.4 Å². The molecule has 0 saturated carbocycles. The van der Waals surface area contributed by atoms with Gasteiger partial charge in [0.25, 0.3) is 10.0 Å². The molecule has 0 aliphatic heterocycles. The quantitative estimate of drug-likeness (QED) is 0.808. The van der Waals surface area contributed by atoms with Gasteiger partial charge < -0.3 is 10.2 Å². The Balaban J connectivity index is 2.49. The fraction of sp³-hybridized carbons (Fsp3) is 0.0667. The van der Waals surface area contributed by atoms with Crippen LogP contribution in [0.3, 0.4) is 0 Å². The van der Waals surface area contributed by atoms with E-state index in [1.54, 1.807) is 0 Å². The van der Waals surface area contributed by atoms with Gasteiger partial charge in [0.05, 0.1) is 16.1 Å². The van der Waals surface area contributed by atoms with Crippen LogP contribution in [-0.4, -0.2) is 37.1 Å². The Morgan fingerprint density at radius 2 is 1.50 bits per heavy atom. The summed E-state index contributed by atoms with van der Waals surface area (Å²) in [5.74, 6) is -2.53. The van der Waals surface area contributed by atoms with E-state index in [2.05, 4.69) is 0 Å². The summed E-state index contributed by atoms with van der Waals surface area (Å²) in [6.45, 7) is -0.808. The lowest BCUT2D eigenvalue weighted by Crippen LogP contribution is -2.35. The number of rotatable bonds is 6. The van der Waals surface area contributed by atoms with Gasteiger partial charge in [-0.3, -0.25) is 9.10 Å².